The van der Waals surface area contributed by atoms with E-state index < -0.39 is 9.84 Å². The molecule has 0 unspecified atom stereocenters. The third-order valence-corrected chi connectivity index (χ3v) is 4.56. The molecule has 0 saturated carbocycles. The van der Waals surface area contributed by atoms with Gasteiger partial charge in [-0.3, -0.25) is 0 Å². The number of nitrogens with two attached hydrogens (primary N) is 1. The molecule has 0 saturated heterocycles. The zero-order valence-corrected chi connectivity index (χ0v) is 12.4. The Labute approximate surface area is 126 Å². The van der Waals surface area contributed by atoms with E-state index in [-0.39, 0.29) is 11.0 Å². The first-order valence-corrected chi connectivity index (χ1v) is 8.10. The summed E-state index contributed by atoms with van der Waals surface area (Å²) in [4.78, 5) is 4.00. The summed E-state index contributed by atoms with van der Waals surface area (Å²) in [6.07, 6.45) is 0. The molecule has 0 spiro atoms. The Morgan fingerprint density at radius 1 is 1.19 bits per heavy atom. The van der Waals surface area contributed by atoms with Crippen LogP contribution in [0.2, 0.25) is 5.02 Å². The molecule has 0 amide bonds. The predicted molar refractivity (Wildman–Crippen MR) is 80.8 cm³/mol. The number of aromatic nitrogens is 1. The molecule has 0 atom stereocenters. The van der Waals surface area contributed by atoms with Gasteiger partial charge in [-0.05, 0) is 29.8 Å². The van der Waals surface area contributed by atoms with E-state index in [1.165, 1.54) is 0 Å². The minimum Gasteiger partial charge on any atom is -0.428 e. The zero-order valence-electron chi connectivity index (χ0n) is 10.8. The minimum atomic E-state index is -3.68. The van der Waals surface area contributed by atoms with Crippen LogP contribution < -0.4 is 5.73 Å². The fourth-order valence-electron chi connectivity index (χ4n) is 1.96. The van der Waals surface area contributed by atoms with Crippen LogP contribution in [-0.4, -0.2) is 13.4 Å². The number of oxazole rings is 1. The third-order valence-electron chi connectivity index (χ3n) is 2.90. The smallest absolute Gasteiger partial charge is 0.316 e. The van der Waals surface area contributed by atoms with Crippen LogP contribution in [0.25, 0.3) is 11.1 Å². The molecular formula is C14H11ClN2O3S. The third kappa shape index (κ3) is 2.86. The zero-order chi connectivity index (χ0) is 15.0. The summed E-state index contributed by atoms with van der Waals surface area (Å²) in [7, 11) is -3.68. The van der Waals surface area contributed by atoms with Gasteiger partial charge in [-0.25, -0.2) is 8.42 Å². The molecule has 108 valence electrons. The molecular weight excluding hydrogens is 312 g/mol. The minimum absolute atomic E-state index is 0.226. The highest BCUT2D eigenvalue weighted by atomic mass is 35.5. The number of nitrogen functional groups attached to an aromatic ring is 1. The first-order chi connectivity index (χ1) is 9.94. The van der Waals surface area contributed by atoms with Gasteiger partial charge < -0.3 is 10.2 Å². The number of anilines is 1. The number of hydrogen-bond donors (Lipinski definition) is 1. The molecule has 0 aliphatic rings. The largest absolute Gasteiger partial charge is 0.428 e. The second kappa shape index (κ2) is 5.05. The first-order valence-electron chi connectivity index (χ1n) is 6.07. The standard InChI is InChI=1S/C14H11ClN2O3S/c15-10-3-1-2-9(6-10)8-21(18,19)14-17-12-5-4-11(16)7-13(12)20-14/h1-7H,8,16H2. The maximum Gasteiger partial charge on any atom is 0.316 e. The van der Waals surface area contributed by atoms with Gasteiger partial charge in [0.15, 0.2) is 5.58 Å². The van der Waals surface area contributed by atoms with Gasteiger partial charge >= 0.3 is 5.22 Å². The molecule has 2 N–H and O–H groups in total. The van der Waals surface area contributed by atoms with Gasteiger partial charge in [0.05, 0.1) is 5.75 Å². The average molecular weight is 323 g/mol. The summed E-state index contributed by atoms with van der Waals surface area (Å²) in [5.41, 5.74) is 7.49. The number of benzene rings is 2. The molecule has 1 aromatic heterocycles. The number of hydrogen-bond acceptors (Lipinski definition) is 5. The summed E-state index contributed by atoms with van der Waals surface area (Å²) < 4.78 is 30.0. The van der Waals surface area contributed by atoms with Crippen LogP contribution in [0.4, 0.5) is 5.69 Å². The van der Waals surface area contributed by atoms with Gasteiger partial charge in [0.25, 0.3) is 0 Å². The molecule has 21 heavy (non-hydrogen) atoms. The highest BCUT2D eigenvalue weighted by Crippen LogP contribution is 2.24. The molecule has 0 bridgehead atoms. The van der Waals surface area contributed by atoms with Crippen molar-refractivity contribution in [1.82, 2.24) is 4.98 Å². The lowest BCUT2D eigenvalue weighted by Crippen LogP contribution is -2.05. The number of fused-ring (bicyclic) bond motifs is 1. The maximum atomic E-state index is 12.3. The van der Waals surface area contributed by atoms with Crippen molar-refractivity contribution in [3.8, 4) is 0 Å². The van der Waals surface area contributed by atoms with Crippen molar-refractivity contribution in [2.75, 3.05) is 5.73 Å². The Hall–Kier alpha value is -2.05. The number of rotatable bonds is 3. The van der Waals surface area contributed by atoms with Crippen molar-refractivity contribution >= 4 is 38.2 Å². The maximum absolute atomic E-state index is 12.3. The van der Waals surface area contributed by atoms with E-state index in [0.29, 0.717) is 27.4 Å². The van der Waals surface area contributed by atoms with Crippen molar-refractivity contribution in [2.45, 2.75) is 11.0 Å². The van der Waals surface area contributed by atoms with E-state index in [1.54, 1.807) is 42.5 Å². The van der Waals surface area contributed by atoms with Gasteiger partial charge in [-0.2, -0.15) is 4.98 Å². The van der Waals surface area contributed by atoms with Crippen molar-refractivity contribution in [1.29, 1.82) is 0 Å². The van der Waals surface area contributed by atoms with Gasteiger partial charge in [0.1, 0.15) is 5.52 Å². The Morgan fingerprint density at radius 2 is 2.00 bits per heavy atom. The molecule has 3 aromatic rings. The number of halogens is 1. The van der Waals surface area contributed by atoms with Crippen LogP contribution in [0.5, 0.6) is 0 Å². The fourth-order valence-corrected chi connectivity index (χ4v) is 3.37. The van der Waals surface area contributed by atoms with Gasteiger partial charge in [-0.15, -0.1) is 0 Å². The molecule has 5 nitrogen and oxygen atoms in total. The molecule has 2 aromatic carbocycles. The summed E-state index contributed by atoms with van der Waals surface area (Å²) >= 11 is 5.85. The van der Waals surface area contributed by atoms with Crippen molar-refractivity contribution in [3.05, 3.63) is 53.1 Å². The summed E-state index contributed by atoms with van der Waals surface area (Å²) in [5, 5.41) is 0.163. The van der Waals surface area contributed by atoms with Crippen LogP contribution in [0.1, 0.15) is 5.56 Å². The molecule has 0 aliphatic heterocycles. The van der Waals surface area contributed by atoms with E-state index in [0.717, 1.165) is 0 Å². The summed E-state index contributed by atoms with van der Waals surface area (Å²) in [6, 6.07) is 11.5. The predicted octanol–water partition coefficient (Wildman–Crippen LogP) is 3.04. The molecule has 7 heteroatoms. The first kappa shape index (κ1) is 13.9. The van der Waals surface area contributed by atoms with Crippen LogP contribution in [-0.2, 0) is 15.6 Å². The Bertz CT molecular complexity index is 919. The second-order valence-electron chi connectivity index (χ2n) is 4.60. The molecule has 1 heterocycles. The van der Waals surface area contributed by atoms with Crippen molar-refractivity contribution in [2.24, 2.45) is 0 Å². The number of sulfone groups is 1. The lowest BCUT2D eigenvalue weighted by Gasteiger charge is -2.00. The van der Waals surface area contributed by atoms with Gasteiger partial charge in [0, 0.05) is 16.8 Å². The Kier molecular flexibility index (Phi) is 3.35. The molecule has 0 aliphatic carbocycles. The Morgan fingerprint density at radius 3 is 2.76 bits per heavy atom. The Balaban J connectivity index is 2.00. The summed E-state index contributed by atoms with van der Waals surface area (Å²) in [6.45, 7) is 0. The molecule has 0 radical (unpaired) electrons. The van der Waals surface area contributed by atoms with Crippen LogP contribution in [0.15, 0.2) is 52.1 Å². The van der Waals surface area contributed by atoms with Gasteiger partial charge in [0.2, 0.25) is 9.84 Å². The molecule has 3 rings (SSSR count). The average Bonchev–Trinajstić information content (AvgIpc) is 2.82. The highest BCUT2D eigenvalue weighted by molar-refractivity contribution is 7.90. The van der Waals surface area contributed by atoms with Gasteiger partial charge in [-0.1, -0.05) is 23.7 Å². The summed E-state index contributed by atoms with van der Waals surface area (Å²) in [5.74, 6) is -0.226. The second-order valence-corrected chi connectivity index (χ2v) is 6.90. The molecule has 0 fully saturated rings. The number of nitrogens with zero attached hydrogens (tertiary/aromatic N) is 1. The lowest BCUT2D eigenvalue weighted by atomic mass is 10.2. The van der Waals surface area contributed by atoms with Crippen LogP contribution in [0, 0.1) is 0 Å². The quantitative estimate of drug-likeness (QED) is 0.749. The van der Waals surface area contributed by atoms with Crippen LogP contribution >= 0.6 is 11.6 Å². The topological polar surface area (TPSA) is 86.2 Å². The van der Waals surface area contributed by atoms with E-state index >= 15 is 0 Å². The fraction of sp³-hybridized carbons (Fsp3) is 0.0714. The SMILES string of the molecule is Nc1ccc2nc(S(=O)(=O)Cc3cccc(Cl)c3)oc2c1. The monoisotopic (exact) mass is 322 g/mol. The van der Waals surface area contributed by atoms with E-state index in [4.69, 9.17) is 21.8 Å². The lowest BCUT2D eigenvalue weighted by molar-refractivity contribution is 0.458. The van der Waals surface area contributed by atoms with E-state index in [2.05, 4.69) is 4.98 Å². The highest BCUT2D eigenvalue weighted by Gasteiger charge is 2.22. The van der Waals surface area contributed by atoms with E-state index in [9.17, 15) is 8.42 Å². The van der Waals surface area contributed by atoms with Crippen molar-refractivity contribution < 1.29 is 12.8 Å². The van der Waals surface area contributed by atoms with E-state index in [1.807, 2.05) is 0 Å². The van der Waals surface area contributed by atoms with Crippen LogP contribution in [0.3, 0.4) is 0 Å². The normalized spacial score (nSPS) is 11.9. The van der Waals surface area contributed by atoms with Crippen molar-refractivity contribution in [3.63, 3.8) is 0 Å².